The molecule has 0 amide bonds. The second-order valence-electron chi connectivity index (χ2n) is 3.37. The van der Waals surface area contributed by atoms with Gasteiger partial charge in [0.1, 0.15) is 0 Å². The van der Waals surface area contributed by atoms with Crippen molar-refractivity contribution in [3.05, 3.63) is 42.2 Å². The summed E-state index contributed by atoms with van der Waals surface area (Å²) in [5, 5.41) is 21.9. The third-order valence-electron chi connectivity index (χ3n) is 2.32. The highest BCUT2D eigenvalue weighted by atomic mass is 16.3. The largest absolute Gasteiger partial charge is 0.394 e. The van der Waals surface area contributed by atoms with Crippen molar-refractivity contribution in [2.24, 2.45) is 0 Å². The lowest BCUT2D eigenvalue weighted by Crippen LogP contribution is -2.01. The van der Waals surface area contributed by atoms with Gasteiger partial charge in [0.25, 0.3) is 0 Å². The molecule has 80 valence electrons. The van der Waals surface area contributed by atoms with E-state index in [1.807, 2.05) is 24.4 Å². The Hall–Kier alpha value is -2.12. The van der Waals surface area contributed by atoms with Crippen molar-refractivity contribution in [2.45, 2.75) is 6.54 Å². The van der Waals surface area contributed by atoms with Crippen LogP contribution in [0.25, 0.3) is 11.1 Å². The van der Waals surface area contributed by atoms with Crippen molar-refractivity contribution in [3.8, 4) is 17.2 Å². The highest BCUT2D eigenvalue weighted by Gasteiger charge is 2.05. The Morgan fingerprint density at radius 3 is 2.94 bits per heavy atom. The number of aliphatic hydroxyl groups excluding tert-OH is 1. The van der Waals surface area contributed by atoms with Crippen LogP contribution in [0.2, 0.25) is 0 Å². The molecule has 1 N–H and O–H groups in total. The molecule has 0 aliphatic rings. The summed E-state index contributed by atoms with van der Waals surface area (Å²) in [6.45, 7) is 0.524. The molecule has 0 bridgehead atoms. The average molecular weight is 213 g/mol. The fraction of sp³-hybridized carbons (Fsp3) is 0.167. The van der Waals surface area contributed by atoms with Gasteiger partial charge in [-0.3, -0.25) is 4.68 Å². The van der Waals surface area contributed by atoms with Gasteiger partial charge in [-0.2, -0.15) is 10.4 Å². The molecule has 1 aromatic heterocycles. The van der Waals surface area contributed by atoms with Gasteiger partial charge in [-0.1, -0.05) is 18.2 Å². The molecular formula is C12H11N3O. The summed E-state index contributed by atoms with van der Waals surface area (Å²) in [6, 6.07) is 9.54. The summed E-state index contributed by atoms with van der Waals surface area (Å²) in [5.41, 5.74) is 2.39. The predicted molar refractivity (Wildman–Crippen MR) is 59.5 cm³/mol. The molecule has 2 aromatic rings. The van der Waals surface area contributed by atoms with Crippen molar-refractivity contribution in [3.63, 3.8) is 0 Å². The lowest BCUT2D eigenvalue weighted by atomic mass is 10.0. The molecule has 0 atom stereocenters. The van der Waals surface area contributed by atoms with E-state index in [4.69, 9.17) is 10.4 Å². The molecule has 0 spiro atoms. The third kappa shape index (κ3) is 1.95. The Bertz CT molecular complexity index is 525. The smallest absolute Gasteiger partial charge is 0.0998 e. The number of hydrogen-bond donors (Lipinski definition) is 1. The minimum absolute atomic E-state index is 0.0566. The Labute approximate surface area is 93.4 Å². The summed E-state index contributed by atoms with van der Waals surface area (Å²) in [7, 11) is 0. The Kier molecular flexibility index (Phi) is 2.99. The average Bonchev–Trinajstić information content (AvgIpc) is 2.78. The maximum atomic E-state index is 8.97. The van der Waals surface area contributed by atoms with Crippen molar-refractivity contribution in [1.82, 2.24) is 9.78 Å². The van der Waals surface area contributed by atoms with Crippen LogP contribution < -0.4 is 0 Å². The van der Waals surface area contributed by atoms with E-state index in [0.29, 0.717) is 12.1 Å². The van der Waals surface area contributed by atoms with E-state index in [1.165, 1.54) is 0 Å². The van der Waals surface area contributed by atoms with E-state index in [-0.39, 0.29) is 6.61 Å². The standard InChI is InChI=1S/C12H11N3O/c13-7-10-3-1-2-4-12(10)11-8-14-15(9-11)5-6-16/h1-4,8-9,16H,5-6H2. The van der Waals surface area contributed by atoms with Crippen molar-refractivity contribution >= 4 is 0 Å². The lowest BCUT2D eigenvalue weighted by molar-refractivity contribution is 0.269. The zero-order chi connectivity index (χ0) is 11.4. The third-order valence-corrected chi connectivity index (χ3v) is 2.32. The van der Waals surface area contributed by atoms with E-state index in [0.717, 1.165) is 11.1 Å². The van der Waals surface area contributed by atoms with Gasteiger partial charge in [0.05, 0.1) is 31.0 Å². The van der Waals surface area contributed by atoms with E-state index in [1.54, 1.807) is 16.9 Å². The van der Waals surface area contributed by atoms with Crippen LogP contribution in [0.1, 0.15) is 5.56 Å². The molecule has 0 saturated carbocycles. The van der Waals surface area contributed by atoms with Crippen LogP contribution in [0.15, 0.2) is 36.7 Å². The molecule has 16 heavy (non-hydrogen) atoms. The Morgan fingerprint density at radius 1 is 1.38 bits per heavy atom. The second-order valence-corrected chi connectivity index (χ2v) is 3.37. The monoisotopic (exact) mass is 213 g/mol. The van der Waals surface area contributed by atoms with Crippen molar-refractivity contribution in [1.29, 1.82) is 5.26 Å². The molecular weight excluding hydrogens is 202 g/mol. The highest BCUT2D eigenvalue weighted by Crippen LogP contribution is 2.22. The van der Waals surface area contributed by atoms with E-state index in [9.17, 15) is 0 Å². The first-order valence-corrected chi connectivity index (χ1v) is 4.98. The lowest BCUT2D eigenvalue weighted by Gasteiger charge is -1.99. The van der Waals surface area contributed by atoms with E-state index in [2.05, 4.69) is 11.2 Å². The van der Waals surface area contributed by atoms with Gasteiger partial charge >= 0.3 is 0 Å². The minimum atomic E-state index is 0.0566. The molecule has 4 nitrogen and oxygen atoms in total. The summed E-state index contributed by atoms with van der Waals surface area (Å²) < 4.78 is 1.66. The number of rotatable bonds is 3. The van der Waals surface area contributed by atoms with Crippen molar-refractivity contribution in [2.75, 3.05) is 6.61 Å². The number of nitriles is 1. The van der Waals surface area contributed by atoms with Crippen LogP contribution >= 0.6 is 0 Å². The van der Waals surface area contributed by atoms with Gasteiger partial charge in [-0.25, -0.2) is 0 Å². The zero-order valence-corrected chi connectivity index (χ0v) is 8.67. The molecule has 0 saturated heterocycles. The number of aliphatic hydroxyl groups is 1. The topological polar surface area (TPSA) is 61.8 Å². The maximum Gasteiger partial charge on any atom is 0.0998 e. The fourth-order valence-corrected chi connectivity index (χ4v) is 1.56. The number of hydrogen-bond acceptors (Lipinski definition) is 3. The highest BCUT2D eigenvalue weighted by molar-refractivity contribution is 5.69. The van der Waals surface area contributed by atoms with Gasteiger partial charge in [-0.05, 0) is 6.07 Å². The van der Waals surface area contributed by atoms with Crippen molar-refractivity contribution < 1.29 is 5.11 Å². The predicted octanol–water partition coefficient (Wildman–Crippen LogP) is 1.41. The molecule has 0 aliphatic heterocycles. The summed E-state index contributed by atoms with van der Waals surface area (Å²) in [6.07, 6.45) is 3.53. The maximum absolute atomic E-state index is 8.97. The molecule has 0 aliphatic carbocycles. The summed E-state index contributed by atoms with van der Waals surface area (Å²) >= 11 is 0. The number of nitrogens with zero attached hydrogens (tertiary/aromatic N) is 3. The molecule has 1 aromatic carbocycles. The molecule has 4 heteroatoms. The van der Waals surface area contributed by atoms with Crippen LogP contribution in [-0.4, -0.2) is 21.5 Å². The van der Waals surface area contributed by atoms with Crippen LogP contribution in [0.5, 0.6) is 0 Å². The molecule has 0 fully saturated rings. The van der Waals surface area contributed by atoms with Crippen LogP contribution in [-0.2, 0) is 6.54 Å². The SMILES string of the molecule is N#Cc1ccccc1-c1cnn(CCO)c1. The van der Waals surface area contributed by atoms with Gasteiger partial charge in [-0.15, -0.1) is 0 Å². The summed E-state index contributed by atoms with van der Waals surface area (Å²) in [4.78, 5) is 0. The quantitative estimate of drug-likeness (QED) is 0.838. The molecule has 1 heterocycles. The zero-order valence-electron chi connectivity index (χ0n) is 8.67. The van der Waals surface area contributed by atoms with Gasteiger partial charge in [0, 0.05) is 17.3 Å². The second kappa shape index (κ2) is 4.60. The Balaban J connectivity index is 2.39. The van der Waals surface area contributed by atoms with Crippen LogP contribution in [0.3, 0.4) is 0 Å². The van der Waals surface area contributed by atoms with E-state index < -0.39 is 0 Å². The summed E-state index contributed by atoms with van der Waals surface area (Å²) in [5.74, 6) is 0. The van der Waals surface area contributed by atoms with Gasteiger partial charge < -0.3 is 5.11 Å². The first-order valence-electron chi connectivity index (χ1n) is 4.98. The fourth-order valence-electron chi connectivity index (χ4n) is 1.56. The van der Waals surface area contributed by atoms with Gasteiger partial charge in [0.2, 0.25) is 0 Å². The van der Waals surface area contributed by atoms with Gasteiger partial charge in [0.15, 0.2) is 0 Å². The Morgan fingerprint density at radius 2 is 2.19 bits per heavy atom. The normalized spacial score (nSPS) is 10.0. The first kappa shape index (κ1) is 10.4. The van der Waals surface area contributed by atoms with Crippen LogP contribution in [0.4, 0.5) is 0 Å². The molecule has 0 unspecified atom stereocenters. The number of aromatic nitrogens is 2. The molecule has 0 radical (unpaired) electrons. The minimum Gasteiger partial charge on any atom is -0.394 e. The molecule has 2 rings (SSSR count). The van der Waals surface area contributed by atoms with Crippen LogP contribution in [0, 0.1) is 11.3 Å². The van der Waals surface area contributed by atoms with E-state index >= 15 is 0 Å². The first-order chi connectivity index (χ1) is 7.85. The number of benzene rings is 1.